The van der Waals surface area contributed by atoms with Gasteiger partial charge in [0.25, 0.3) is 0 Å². The Morgan fingerprint density at radius 1 is 1.32 bits per heavy atom. The molecule has 0 saturated carbocycles. The summed E-state index contributed by atoms with van der Waals surface area (Å²) in [6, 6.07) is 8.66. The highest BCUT2D eigenvalue weighted by atomic mass is 15.3. The molecule has 1 heterocycles. The van der Waals surface area contributed by atoms with Crippen molar-refractivity contribution in [1.29, 1.82) is 0 Å². The minimum absolute atomic E-state index is 0.105. The lowest BCUT2D eigenvalue weighted by molar-refractivity contribution is 0.548. The van der Waals surface area contributed by atoms with Crippen molar-refractivity contribution in [3.8, 4) is 0 Å². The fourth-order valence-corrected chi connectivity index (χ4v) is 2.14. The second kappa shape index (κ2) is 6.50. The van der Waals surface area contributed by atoms with Crippen molar-refractivity contribution in [1.82, 2.24) is 15.2 Å². The fourth-order valence-electron chi connectivity index (χ4n) is 2.14. The number of hydrazine groups is 1. The van der Waals surface area contributed by atoms with E-state index in [0.29, 0.717) is 0 Å². The van der Waals surface area contributed by atoms with Crippen molar-refractivity contribution in [3.05, 3.63) is 53.3 Å². The lowest BCUT2D eigenvalue weighted by atomic mass is 10.0. The number of aromatic nitrogens is 2. The van der Waals surface area contributed by atoms with E-state index in [1.54, 1.807) is 0 Å². The zero-order valence-electron chi connectivity index (χ0n) is 11.6. The van der Waals surface area contributed by atoms with E-state index in [1.165, 1.54) is 11.1 Å². The molecule has 1 aromatic carbocycles. The molecule has 0 spiro atoms. The van der Waals surface area contributed by atoms with Crippen molar-refractivity contribution in [2.45, 2.75) is 39.3 Å². The molecule has 1 unspecified atom stereocenters. The van der Waals surface area contributed by atoms with E-state index in [9.17, 15) is 0 Å². The van der Waals surface area contributed by atoms with Gasteiger partial charge in [-0.25, -0.2) is 0 Å². The van der Waals surface area contributed by atoms with Gasteiger partial charge >= 0.3 is 0 Å². The number of hydrogen-bond donors (Lipinski definition) is 2. The molecule has 0 fully saturated rings. The SMILES string of the molecule is CCCn1cc(C(Cc2ccc(C)cc2)NN)cn1. The van der Waals surface area contributed by atoms with E-state index in [2.05, 4.69) is 54.8 Å². The third kappa shape index (κ3) is 3.66. The van der Waals surface area contributed by atoms with Crippen molar-refractivity contribution in [2.75, 3.05) is 0 Å². The van der Waals surface area contributed by atoms with E-state index in [0.717, 1.165) is 24.9 Å². The van der Waals surface area contributed by atoms with E-state index in [4.69, 9.17) is 5.84 Å². The van der Waals surface area contributed by atoms with Crippen LogP contribution in [0.2, 0.25) is 0 Å². The highest BCUT2D eigenvalue weighted by Gasteiger charge is 2.12. The van der Waals surface area contributed by atoms with Crippen molar-refractivity contribution in [2.24, 2.45) is 5.84 Å². The Hall–Kier alpha value is -1.65. The first kappa shape index (κ1) is 13.8. The Labute approximate surface area is 114 Å². The lowest BCUT2D eigenvalue weighted by Gasteiger charge is -2.14. The quantitative estimate of drug-likeness (QED) is 0.617. The molecule has 0 aliphatic rings. The van der Waals surface area contributed by atoms with Gasteiger partial charge in [-0.05, 0) is 25.3 Å². The number of nitrogens with zero attached hydrogens (tertiary/aromatic N) is 2. The highest BCUT2D eigenvalue weighted by molar-refractivity contribution is 5.24. The molecule has 0 radical (unpaired) electrons. The van der Waals surface area contributed by atoms with Gasteiger partial charge in [-0.2, -0.15) is 5.10 Å². The molecule has 0 aliphatic heterocycles. The van der Waals surface area contributed by atoms with E-state index in [1.807, 2.05) is 10.9 Å². The van der Waals surface area contributed by atoms with Crippen LogP contribution in [-0.4, -0.2) is 9.78 Å². The summed E-state index contributed by atoms with van der Waals surface area (Å²) < 4.78 is 1.97. The summed E-state index contributed by atoms with van der Waals surface area (Å²) in [5.74, 6) is 5.68. The molecule has 2 aromatic rings. The second-order valence-electron chi connectivity index (χ2n) is 4.95. The van der Waals surface area contributed by atoms with Crippen LogP contribution in [-0.2, 0) is 13.0 Å². The average molecular weight is 258 g/mol. The summed E-state index contributed by atoms with van der Waals surface area (Å²) in [5.41, 5.74) is 6.57. The van der Waals surface area contributed by atoms with Gasteiger partial charge in [0, 0.05) is 18.3 Å². The number of hydrogen-bond acceptors (Lipinski definition) is 3. The zero-order chi connectivity index (χ0) is 13.7. The Morgan fingerprint density at radius 2 is 2.05 bits per heavy atom. The predicted octanol–water partition coefficient (Wildman–Crippen LogP) is 2.35. The van der Waals surface area contributed by atoms with Crippen LogP contribution in [0.3, 0.4) is 0 Å². The summed E-state index contributed by atoms with van der Waals surface area (Å²) in [7, 11) is 0. The number of nitrogens with two attached hydrogens (primary N) is 1. The predicted molar refractivity (Wildman–Crippen MR) is 77.5 cm³/mol. The van der Waals surface area contributed by atoms with Crippen LogP contribution >= 0.6 is 0 Å². The third-order valence-corrected chi connectivity index (χ3v) is 3.27. The molecular formula is C15H22N4. The molecule has 0 saturated heterocycles. The molecular weight excluding hydrogens is 236 g/mol. The van der Waals surface area contributed by atoms with Gasteiger partial charge in [0.1, 0.15) is 0 Å². The number of aryl methyl sites for hydroxylation is 2. The van der Waals surface area contributed by atoms with Gasteiger partial charge < -0.3 is 0 Å². The summed E-state index contributed by atoms with van der Waals surface area (Å²) in [6.45, 7) is 5.19. The monoisotopic (exact) mass is 258 g/mol. The summed E-state index contributed by atoms with van der Waals surface area (Å²) in [5, 5.41) is 4.35. The summed E-state index contributed by atoms with van der Waals surface area (Å²) >= 11 is 0. The maximum atomic E-state index is 5.68. The summed E-state index contributed by atoms with van der Waals surface area (Å²) in [6.07, 6.45) is 5.92. The van der Waals surface area contributed by atoms with Crippen LogP contribution in [0.4, 0.5) is 0 Å². The van der Waals surface area contributed by atoms with E-state index in [-0.39, 0.29) is 6.04 Å². The van der Waals surface area contributed by atoms with Gasteiger partial charge in [0.05, 0.1) is 12.2 Å². The normalized spacial score (nSPS) is 12.6. The molecule has 1 aromatic heterocycles. The maximum absolute atomic E-state index is 5.68. The molecule has 1 atom stereocenters. The van der Waals surface area contributed by atoms with Gasteiger partial charge in [0.2, 0.25) is 0 Å². The molecule has 4 heteroatoms. The topological polar surface area (TPSA) is 55.9 Å². The highest BCUT2D eigenvalue weighted by Crippen LogP contribution is 2.17. The van der Waals surface area contributed by atoms with Gasteiger partial charge in [-0.3, -0.25) is 16.0 Å². The summed E-state index contributed by atoms with van der Waals surface area (Å²) in [4.78, 5) is 0. The Kier molecular flexibility index (Phi) is 4.71. The first-order chi connectivity index (χ1) is 9.22. The molecule has 2 rings (SSSR count). The minimum atomic E-state index is 0.105. The van der Waals surface area contributed by atoms with Crippen LogP contribution in [0.1, 0.15) is 36.1 Å². The van der Waals surface area contributed by atoms with Gasteiger partial charge in [0.15, 0.2) is 0 Å². The molecule has 19 heavy (non-hydrogen) atoms. The van der Waals surface area contributed by atoms with Gasteiger partial charge in [-0.15, -0.1) is 0 Å². The van der Waals surface area contributed by atoms with Crippen LogP contribution in [0.25, 0.3) is 0 Å². The average Bonchev–Trinajstić information content (AvgIpc) is 2.87. The van der Waals surface area contributed by atoms with Crippen molar-refractivity contribution < 1.29 is 0 Å². The Balaban J connectivity index is 2.08. The molecule has 4 nitrogen and oxygen atoms in total. The zero-order valence-corrected chi connectivity index (χ0v) is 11.6. The Bertz CT molecular complexity index is 501. The van der Waals surface area contributed by atoms with Gasteiger partial charge in [-0.1, -0.05) is 36.8 Å². The van der Waals surface area contributed by atoms with Crippen LogP contribution in [0.5, 0.6) is 0 Å². The first-order valence-corrected chi connectivity index (χ1v) is 6.77. The van der Waals surface area contributed by atoms with Crippen LogP contribution < -0.4 is 11.3 Å². The largest absolute Gasteiger partial charge is 0.272 e. The molecule has 102 valence electrons. The third-order valence-electron chi connectivity index (χ3n) is 3.27. The number of rotatable bonds is 6. The fraction of sp³-hybridized carbons (Fsp3) is 0.400. The molecule has 0 amide bonds. The lowest BCUT2D eigenvalue weighted by Crippen LogP contribution is -2.29. The first-order valence-electron chi connectivity index (χ1n) is 6.77. The van der Waals surface area contributed by atoms with E-state index >= 15 is 0 Å². The smallest absolute Gasteiger partial charge is 0.0538 e. The van der Waals surface area contributed by atoms with Crippen molar-refractivity contribution >= 4 is 0 Å². The van der Waals surface area contributed by atoms with Crippen molar-refractivity contribution in [3.63, 3.8) is 0 Å². The Morgan fingerprint density at radius 3 is 2.68 bits per heavy atom. The molecule has 3 N–H and O–H groups in total. The van der Waals surface area contributed by atoms with Crippen LogP contribution in [0, 0.1) is 6.92 Å². The number of nitrogens with one attached hydrogen (secondary N) is 1. The molecule has 0 aliphatic carbocycles. The standard InChI is InChI=1S/C15H22N4/c1-3-8-19-11-14(10-17-19)15(18-16)9-13-6-4-12(2)5-7-13/h4-7,10-11,15,18H,3,8-9,16H2,1-2H3. The molecule has 0 bridgehead atoms. The second-order valence-corrected chi connectivity index (χ2v) is 4.95. The minimum Gasteiger partial charge on any atom is -0.272 e. The van der Waals surface area contributed by atoms with E-state index < -0.39 is 0 Å². The maximum Gasteiger partial charge on any atom is 0.0538 e. The van der Waals surface area contributed by atoms with Crippen LogP contribution in [0.15, 0.2) is 36.7 Å². The number of benzene rings is 1.